The Morgan fingerprint density at radius 3 is 2.38 bits per heavy atom. The van der Waals surface area contributed by atoms with E-state index in [0.717, 1.165) is 0 Å². The molecule has 106 valence electrons. The van der Waals surface area contributed by atoms with Gasteiger partial charge >= 0.3 is 0 Å². The molecule has 0 aliphatic carbocycles. The lowest BCUT2D eigenvalue weighted by Gasteiger charge is -2.10. The summed E-state index contributed by atoms with van der Waals surface area (Å²) in [4.78, 5) is 35.0. The number of hydrogen-bond donors (Lipinski definition) is 1. The first-order chi connectivity index (χ1) is 10.2. The van der Waals surface area contributed by atoms with Crippen molar-refractivity contribution >= 4 is 23.7 Å². The Hall–Kier alpha value is -2.95. The van der Waals surface area contributed by atoms with Crippen molar-refractivity contribution in [2.45, 2.75) is 0 Å². The average molecular weight is 283 g/mol. The Kier molecular flexibility index (Phi) is 4.46. The van der Waals surface area contributed by atoms with Gasteiger partial charge in [-0.1, -0.05) is 36.4 Å². The van der Waals surface area contributed by atoms with Crippen molar-refractivity contribution < 1.29 is 19.1 Å². The number of benzene rings is 2. The van der Waals surface area contributed by atoms with Crippen LogP contribution in [0.25, 0.3) is 0 Å². The number of amides is 1. The van der Waals surface area contributed by atoms with Gasteiger partial charge in [-0.15, -0.1) is 0 Å². The SMILES string of the molecule is COc1cccc(NC(=O)C(=O)c2ccccc2)c1C=O. The van der Waals surface area contributed by atoms with E-state index in [1.807, 2.05) is 0 Å². The van der Waals surface area contributed by atoms with Crippen molar-refractivity contribution in [3.8, 4) is 5.75 Å². The monoisotopic (exact) mass is 283 g/mol. The molecule has 0 atom stereocenters. The van der Waals surface area contributed by atoms with E-state index in [-0.39, 0.29) is 16.8 Å². The highest BCUT2D eigenvalue weighted by Crippen LogP contribution is 2.24. The van der Waals surface area contributed by atoms with Crippen molar-refractivity contribution in [3.05, 3.63) is 59.7 Å². The molecule has 0 aliphatic heterocycles. The minimum Gasteiger partial charge on any atom is -0.496 e. The molecule has 5 heteroatoms. The number of rotatable bonds is 5. The minimum absolute atomic E-state index is 0.189. The highest BCUT2D eigenvalue weighted by atomic mass is 16.5. The number of ketones is 1. The fraction of sp³-hybridized carbons (Fsp3) is 0.0625. The number of anilines is 1. The molecule has 0 aliphatic rings. The van der Waals surface area contributed by atoms with E-state index in [1.165, 1.54) is 13.2 Å². The highest BCUT2D eigenvalue weighted by molar-refractivity contribution is 6.46. The molecular formula is C16H13NO4. The third-order valence-electron chi connectivity index (χ3n) is 2.89. The summed E-state index contributed by atoms with van der Waals surface area (Å²) in [5.41, 5.74) is 0.707. The topological polar surface area (TPSA) is 72.5 Å². The molecule has 2 aromatic carbocycles. The van der Waals surface area contributed by atoms with E-state index < -0.39 is 11.7 Å². The minimum atomic E-state index is -0.808. The summed E-state index contributed by atoms with van der Waals surface area (Å²) >= 11 is 0. The van der Waals surface area contributed by atoms with E-state index in [1.54, 1.807) is 42.5 Å². The predicted molar refractivity (Wildman–Crippen MR) is 77.8 cm³/mol. The van der Waals surface area contributed by atoms with Gasteiger partial charge in [-0.3, -0.25) is 14.4 Å². The van der Waals surface area contributed by atoms with Gasteiger partial charge in [0.05, 0.1) is 18.4 Å². The van der Waals surface area contributed by atoms with Crippen molar-refractivity contribution in [1.29, 1.82) is 0 Å². The van der Waals surface area contributed by atoms with E-state index in [2.05, 4.69) is 5.32 Å². The molecular weight excluding hydrogens is 270 g/mol. The first-order valence-electron chi connectivity index (χ1n) is 6.20. The van der Waals surface area contributed by atoms with Gasteiger partial charge in [0, 0.05) is 5.56 Å². The molecule has 21 heavy (non-hydrogen) atoms. The number of Topliss-reactive ketones (excluding diaryl/α,β-unsaturated/α-hetero) is 1. The maximum Gasteiger partial charge on any atom is 0.296 e. The van der Waals surface area contributed by atoms with E-state index >= 15 is 0 Å². The number of ether oxygens (including phenoxy) is 1. The van der Waals surface area contributed by atoms with Crippen molar-refractivity contribution in [2.75, 3.05) is 12.4 Å². The lowest BCUT2D eigenvalue weighted by Crippen LogP contribution is -2.23. The number of methoxy groups -OCH3 is 1. The van der Waals surface area contributed by atoms with Crippen LogP contribution < -0.4 is 10.1 Å². The van der Waals surface area contributed by atoms with Crippen LogP contribution in [0.1, 0.15) is 20.7 Å². The molecule has 0 spiro atoms. The summed E-state index contributed by atoms with van der Waals surface area (Å²) in [6, 6.07) is 12.9. The quantitative estimate of drug-likeness (QED) is 0.519. The molecule has 1 amide bonds. The molecule has 2 rings (SSSR count). The molecule has 0 saturated carbocycles. The average Bonchev–Trinajstić information content (AvgIpc) is 2.54. The summed E-state index contributed by atoms with van der Waals surface area (Å²) in [7, 11) is 1.42. The maximum atomic E-state index is 12.0. The molecule has 1 N–H and O–H groups in total. The number of hydrogen-bond acceptors (Lipinski definition) is 4. The van der Waals surface area contributed by atoms with Gasteiger partial charge in [0.15, 0.2) is 6.29 Å². The zero-order valence-corrected chi connectivity index (χ0v) is 11.3. The van der Waals surface area contributed by atoms with Gasteiger partial charge in [-0.25, -0.2) is 0 Å². The number of carbonyl (C=O) groups excluding carboxylic acids is 3. The fourth-order valence-electron chi connectivity index (χ4n) is 1.85. The lowest BCUT2D eigenvalue weighted by atomic mass is 10.1. The third kappa shape index (κ3) is 3.14. The summed E-state index contributed by atoms with van der Waals surface area (Å²) < 4.78 is 5.04. The molecule has 0 radical (unpaired) electrons. The molecule has 0 bridgehead atoms. The summed E-state index contributed by atoms with van der Waals surface area (Å²) in [6.07, 6.45) is 0.571. The zero-order chi connectivity index (χ0) is 15.2. The largest absolute Gasteiger partial charge is 0.496 e. The van der Waals surface area contributed by atoms with Gasteiger partial charge in [-0.05, 0) is 12.1 Å². The van der Waals surface area contributed by atoms with Gasteiger partial charge in [0.25, 0.3) is 11.7 Å². The first-order valence-corrected chi connectivity index (χ1v) is 6.20. The van der Waals surface area contributed by atoms with Crippen LogP contribution in [0.15, 0.2) is 48.5 Å². The number of nitrogens with one attached hydrogen (secondary N) is 1. The van der Waals surface area contributed by atoms with Crippen molar-refractivity contribution in [2.24, 2.45) is 0 Å². The van der Waals surface area contributed by atoms with Gasteiger partial charge in [-0.2, -0.15) is 0 Å². The van der Waals surface area contributed by atoms with Gasteiger partial charge in [0.2, 0.25) is 0 Å². The molecule has 0 aromatic heterocycles. The van der Waals surface area contributed by atoms with Crippen LogP contribution >= 0.6 is 0 Å². The Morgan fingerprint density at radius 2 is 1.76 bits per heavy atom. The Morgan fingerprint density at radius 1 is 1.05 bits per heavy atom. The van der Waals surface area contributed by atoms with E-state index in [0.29, 0.717) is 12.0 Å². The van der Waals surface area contributed by atoms with Gasteiger partial charge in [0.1, 0.15) is 5.75 Å². The first kappa shape index (κ1) is 14.5. The van der Waals surface area contributed by atoms with E-state index in [9.17, 15) is 14.4 Å². The fourth-order valence-corrected chi connectivity index (χ4v) is 1.85. The van der Waals surface area contributed by atoms with Crippen LogP contribution in [-0.4, -0.2) is 25.1 Å². The molecule has 0 fully saturated rings. The predicted octanol–water partition coefficient (Wildman–Crippen LogP) is 2.33. The van der Waals surface area contributed by atoms with Crippen LogP contribution in [0.4, 0.5) is 5.69 Å². The Labute approximate surface area is 121 Å². The molecule has 5 nitrogen and oxygen atoms in total. The van der Waals surface area contributed by atoms with Crippen molar-refractivity contribution in [1.82, 2.24) is 0 Å². The summed E-state index contributed by atoms with van der Waals surface area (Å²) in [6.45, 7) is 0. The van der Waals surface area contributed by atoms with Crippen molar-refractivity contribution in [3.63, 3.8) is 0 Å². The van der Waals surface area contributed by atoms with E-state index in [4.69, 9.17) is 4.74 Å². The normalized spacial score (nSPS) is 9.76. The summed E-state index contributed by atoms with van der Waals surface area (Å²) in [5, 5.41) is 2.43. The second-order valence-electron chi connectivity index (χ2n) is 4.19. The van der Waals surface area contributed by atoms with Crippen LogP contribution in [0, 0.1) is 0 Å². The second kappa shape index (κ2) is 6.47. The molecule has 0 unspecified atom stereocenters. The molecule has 0 saturated heterocycles. The Balaban J connectivity index is 2.24. The molecule has 0 heterocycles. The lowest BCUT2D eigenvalue weighted by molar-refractivity contribution is -0.112. The number of carbonyl (C=O) groups is 3. The van der Waals surface area contributed by atoms with Crippen LogP contribution in [0.5, 0.6) is 5.75 Å². The second-order valence-corrected chi connectivity index (χ2v) is 4.19. The summed E-state index contributed by atoms with van der Waals surface area (Å²) in [5.74, 6) is -1.15. The standard InChI is InChI=1S/C16H13NO4/c1-21-14-9-5-8-13(12(14)10-18)17-16(20)15(19)11-6-3-2-4-7-11/h2-10H,1H3,(H,17,20). The maximum absolute atomic E-state index is 12.0. The highest BCUT2D eigenvalue weighted by Gasteiger charge is 2.18. The third-order valence-corrected chi connectivity index (χ3v) is 2.89. The zero-order valence-electron chi connectivity index (χ0n) is 11.3. The van der Waals surface area contributed by atoms with Crippen LogP contribution in [0.3, 0.4) is 0 Å². The van der Waals surface area contributed by atoms with Gasteiger partial charge < -0.3 is 10.1 Å². The number of aldehydes is 1. The smallest absolute Gasteiger partial charge is 0.296 e. The van der Waals surface area contributed by atoms with Crippen LogP contribution in [-0.2, 0) is 4.79 Å². The van der Waals surface area contributed by atoms with Crippen LogP contribution in [0.2, 0.25) is 0 Å². The Bertz CT molecular complexity index is 680. The molecule has 2 aromatic rings.